The van der Waals surface area contributed by atoms with Crippen molar-refractivity contribution in [1.29, 1.82) is 0 Å². The molecule has 7 nitrogen and oxygen atoms in total. The number of sulfonamides is 1. The van der Waals surface area contributed by atoms with Crippen molar-refractivity contribution < 1.29 is 22.7 Å². The van der Waals surface area contributed by atoms with Crippen LogP contribution in [0.4, 0.5) is 15.9 Å². The van der Waals surface area contributed by atoms with Crippen molar-refractivity contribution in [2.24, 2.45) is 0 Å². The summed E-state index contributed by atoms with van der Waals surface area (Å²) in [7, 11) is -4.24. The minimum atomic E-state index is -4.24. The molecule has 0 fully saturated rings. The fraction of sp³-hybridized carbons (Fsp3) is 0. The van der Waals surface area contributed by atoms with Crippen LogP contribution in [0.25, 0.3) is 0 Å². The molecule has 2 rings (SSSR count). The lowest BCUT2D eigenvalue weighted by molar-refractivity contribution is 0.0692. The Labute approximate surface area is 119 Å². The van der Waals surface area contributed by atoms with E-state index in [1.54, 1.807) is 0 Å². The third-order valence-corrected chi connectivity index (χ3v) is 3.89. The Hall–Kier alpha value is -2.68. The van der Waals surface area contributed by atoms with Crippen LogP contribution in [0.3, 0.4) is 0 Å². The number of carboxylic acids is 1. The zero-order valence-electron chi connectivity index (χ0n) is 10.4. The van der Waals surface area contributed by atoms with Crippen molar-refractivity contribution in [3.63, 3.8) is 0 Å². The van der Waals surface area contributed by atoms with Gasteiger partial charge in [-0.05, 0) is 30.3 Å². The number of pyridine rings is 1. The van der Waals surface area contributed by atoms with E-state index in [4.69, 9.17) is 10.8 Å². The summed E-state index contributed by atoms with van der Waals surface area (Å²) >= 11 is 0. The number of carboxylic acid groups (broad SMARTS) is 1. The Balaban J connectivity index is 2.47. The molecule has 0 saturated heterocycles. The normalized spacial score (nSPS) is 11.1. The molecule has 0 bridgehead atoms. The molecular weight excluding hydrogens is 301 g/mol. The molecule has 0 saturated carbocycles. The van der Waals surface area contributed by atoms with Crippen LogP contribution in [0.15, 0.2) is 41.3 Å². The number of aromatic carboxylic acids is 1. The quantitative estimate of drug-likeness (QED) is 0.578. The Bertz CT molecular complexity index is 808. The molecule has 1 aromatic heterocycles. The van der Waals surface area contributed by atoms with Gasteiger partial charge in [-0.3, -0.25) is 4.72 Å². The van der Waals surface area contributed by atoms with Crippen LogP contribution >= 0.6 is 0 Å². The second-order valence-electron chi connectivity index (χ2n) is 4.01. The van der Waals surface area contributed by atoms with Gasteiger partial charge in [0.1, 0.15) is 10.7 Å². The topological polar surface area (TPSA) is 122 Å². The van der Waals surface area contributed by atoms with Crippen molar-refractivity contribution in [3.05, 3.63) is 47.9 Å². The first-order chi connectivity index (χ1) is 9.79. The second kappa shape index (κ2) is 5.37. The number of nitrogen functional groups attached to an aromatic ring is 1. The van der Waals surface area contributed by atoms with Gasteiger partial charge in [-0.25, -0.2) is 18.2 Å². The highest BCUT2D eigenvalue weighted by Gasteiger charge is 2.23. The number of carbonyl (C=O) groups is 1. The zero-order valence-corrected chi connectivity index (χ0v) is 11.3. The van der Waals surface area contributed by atoms with Crippen LogP contribution < -0.4 is 10.5 Å². The van der Waals surface area contributed by atoms with Crippen LogP contribution in [0, 0.1) is 5.95 Å². The van der Waals surface area contributed by atoms with E-state index in [-0.39, 0.29) is 11.5 Å². The summed E-state index contributed by atoms with van der Waals surface area (Å²) in [5, 5.41) is 9.04. The molecule has 2 aromatic rings. The summed E-state index contributed by atoms with van der Waals surface area (Å²) in [6, 6.07) is 6.87. The van der Waals surface area contributed by atoms with Crippen molar-refractivity contribution >= 4 is 27.5 Å². The minimum Gasteiger partial charge on any atom is -0.478 e. The molecule has 0 aliphatic heterocycles. The van der Waals surface area contributed by atoms with Gasteiger partial charge in [0, 0.05) is 5.69 Å². The molecule has 0 aliphatic carbocycles. The predicted molar refractivity (Wildman–Crippen MR) is 72.8 cm³/mol. The Morgan fingerprint density at radius 2 is 2.00 bits per heavy atom. The summed E-state index contributed by atoms with van der Waals surface area (Å²) in [5.74, 6) is -2.58. The molecular formula is C12H10FN3O4S. The number of nitrogens with two attached hydrogens (primary N) is 1. The lowest BCUT2D eigenvalue weighted by Crippen LogP contribution is -2.18. The van der Waals surface area contributed by atoms with Gasteiger partial charge in [-0.2, -0.15) is 4.39 Å². The average molecular weight is 311 g/mol. The number of halogens is 1. The molecule has 110 valence electrons. The van der Waals surface area contributed by atoms with Crippen molar-refractivity contribution in [2.75, 3.05) is 10.5 Å². The van der Waals surface area contributed by atoms with Gasteiger partial charge >= 0.3 is 5.97 Å². The molecule has 0 aliphatic rings. The highest BCUT2D eigenvalue weighted by molar-refractivity contribution is 7.92. The number of anilines is 2. The summed E-state index contributed by atoms with van der Waals surface area (Å²) < 4.78 is 39.3. The summed E-state index contributed by atoms with van der Waals surface area (Å²) in [4.78, 5) is 14.0. The van der Waals surface area contributed by atoms with E-state index < -0.39 is 32.4 Å². The van der Waals surface area contributed by atoms with Crippen LogP contribution in [-0.4, -0.2) is 24.5 Å². The first kappa shape index (κ1) is 14.7. The van der Waals surface area contributed by atoms with Crippen LogP contribution in [0.2, 0.25) is 0 Å². The van der Waals surface area contributed by atoms with E-state index in [1.807, 2.05) is 4.72 Å². The fourth-order valence-electron chi connectivity index (χ4n) is 1.61. The molecule has 1 aromatic carbocycles. The maximum absolute atomic E-state index is 12.9. The summed E-state index contributed by atoms with van der Waals surface area (Å²) in [6.45, 7) is 0. The molecule has 4 N–H and O–H groups in total. The molecule has 1 heterocycles. The second-order valence-corrected chi connectivity index (χ2v) is 5.66. The highest BCUT2D eigenvalue weighted by atomic mass is 32.2. The smallest absolute Gasteiger partial charge is 0.337 e. The van der Waals surface area contributed by atoms with Gasteiger partial charge in [0.25, 0.3) is 10.0 Å². The molecule has 0 unspecified atom stereocenters. The number of benzene rings is 1. The molecule has 9 heteroatoms. The van der Waals surface area contributed by atoms with Gasteiger partial charge in [0.2, 0.25) is 5.95 Å². The average Bonchev–Trinajstić information content (AvgIpc) is 2.37. The first-order valence-corrected chi connectivity index (χ1v) is 7.06. The van der Waals surface area contributed by atoms with Gasteiger partial charge in [0.05, 0.1) is 5.56 Å². The van der Waals surface area contributed by atoms with Crippen LogP contribution in [0.1, 0.15) is 10.4 Å². The molecule has 0 spiro atoms. The zero-order chi connectivity index (χ0) is 15.6. The van der Waals surface area contributed by atoms with Gasteiger partial charge in [-0.15, -0.1) is 0 Å². The monoisotopic (exact) mass is 311 g/mol. The maximum atomic E-state index is 12.9. The fourth-order valence-corrected chi connectivity index (χ4v) is 2.79. The Morgan fingerprint density at radius 1 is 1.29 bits per heavy atom. The van der Waals surface area contributed by atoms with Crippen LogP contribution in [0.5, 0.6) is 0 Å². The number of aromatic nitrogens is 1. The van der Waals surface area contributed by atoms with Gasteiger partial charge < -0.3 is 10.8 Å². The number of hydrogen-bond acceptors (Lipinski definition) is 5. The molecule has 0 radical (unpaired) electrons. The largest absolute Gasteiger partial charge is 0.478 e. The van der Waals surface area contributed by atoms with Gasteiger partial charge in [0.15, 0.2) is 0 Å². The lowest BCUT2D eigenvalue weighted by atomic mass is 10.2. The summed E-state index contributed by atoms with van der Waals surface area (Å²) in [5.41, 5.74) is 5.06. The van der Waals surface area contributed by atoms with E-state index in [2.05, 4.69) is 4.98 Å². The number of nitrogens with zero attached hydrogens (tertiary/aromatic N) is 1. The van der Waals surface area contributed by atoms with E-state index in [9.17, 15) is 17.6 Å². The number of nitrogens with one attached hydrogen (secondary N) is 1. The predicted octanol–water partition coefficient (Wildman–Crippen LogP) is 1.30. The van der Waals surface area contributed by atoms with E-state index in [1.165, 1.54) is 18.2 Å². The maximum Gasteiger partial charge on any atom is 0.337 e. The molecule has 21 heavy (non-hydrogen) atoms. The standard InChI is InChI=1S/C12H10FN3O4S/c13-10-2-1-3-11(15-10)16-21(19,20)9-5-4-7(14)6-8(9)12(17)18/h1-6H,14H2,(H,15,16)(H,17,18). The summed E-state index contributed by atoms with van der Waals surface area (Å²) in [6.07, 6.45) is 0. The van der Waals surface area contributed by atoms with Crippen LogP contribution in [-0.2, 0) is 10.0 Å². The van der Waals surface area contributed by atoms with Gasteiger partial charge in [-0.1, -0.05) is 6.07 Å². The molecule has 0 amide bonds. The van der Waals surface area contributed by atoms with E-state index in [0.29, 0.717) is 0 Å². The van der Waals surface area contributed by atoms with Crippen molar-refractivity contribution in [3.8, 4) is 0 Å². The first-order valence-electron chi connectivity index (χ1n) is 5.58. The number of rotatable bonds is 4. The van der Waals surface area contributed by atoms with Crippen molar-refractivity contribution in [2.45, 2.75) is 4.90 Å². The third-order valence-electron chi connectivity index (χ3n) is 2.48. The number of hydrogen-bond donors (Lipinski definition) is 3. The lowest BCUT2D eigenvalue weighted by Gasteiger charge is -2.10. The Kier molecular flexibility index (Phi) is 3.76. The van der Waals surface area contributed by atoms with Crippen molar-refractivity contribution in [1.82, 2.24) is 4.98 Å². The SMILES string of the molecule is Nc1ccc(S(=O)(=O)Nc2cccc(F)n2)c(C(=O)O)c1. The Morgan fingerprint density at radius 3 is 2.62 bits per heavy atom. The minimum absolute atomic E-state index is 0.107. The third kappa shape index (κ3) is 3.26. The van der Waals surface area contributed by atoms with E-state index >= 15 is 0 Å². The molecule has 0 atom stereocenters. The highest BCUT2D eigenvalue weighted by Crippen LogP contribution is 2.21. The van der Waals surface area contributed by atoms with E-state index in [0.717, 1.165) is 18.2 Å².